The van der Waals surface area contributed by atoms with Crippen LogP contribution in [0, 0.1) is 0 Å². The number of likely N-dealkylation sites (tertiary alicyclic amines) is 1. The lowest BCUT2D eigenvalue weighted by Crippen LogP contribution is -2.33. The van der Waals surface area contributed by atoms with Crippen molar-refractivity contribution >= 4 is 29.5 Å². The molecule has 1 saturated heterocycles. The highest BCUT2D eigenvalue weighted by Crippen LogP contribution is 2.33. The molecule has 0 spiro atoms. The summed E-state index contributed by atoms with van der Waals surface area (Å²) in [7, 11) is 0. The molecule has 30 heavy (non-hydrogen) atoms. The molecule has 1 N–H and O–H groups in total. The molecule has 2 aromatic rings. The zero-order chi connectivity index (χ0) is 21.1. The molecule has 1 atom stereocenters. The molecule has 0 saturated carbocycles. The Morgan fingerprint density at radius 1 is 1.13 bits per heavy atom. The summed E-state index contributed by atoms with van der Waals surface area (Å²) in [5.74, 6) is -0.0839. The van der Waals surface area contributed by atoms with Gasteiger partial charge in [0, 0.05) is 38.3 Å². The van der Waals surface area contributed by atoms with Crippen molar-refractivity contribution in [3.63, 3.8) is 0 Å². The number of carbonyl (C=O) groups is 3. The van der Waals surface area contributed by atoms with Crippen LogP contribution in [-0.4, -0.2) is 34.1 Å². The number of amides is 3. The first-order chi connectivity index (χ1) is 14.5. The third-order valence-corrected chi connectivity index (χ3v) is 5.60. The Balaban J connectivity index is 1.46. The summed E-state index contributed by atoms with van der Waals surface area (Å²) in [5, 5.41) is 2.95. The van der Waals surface area contributed by atoms with E-state index in [4.69, 9.17) is 0 Å². The van der Waals surface area contributed by atoms with Gasteiger partial charge in [-0.3, -0.25) is 14.4 Å². The highest BCUT2D eigenvalue weighted by Gasteiger charge is 2.28. The van der Waals surface area contributed by atoms with E-state index in [9.17, 15) is 14.4 Å². The minimum atomic E-state index is -0.339. The van der Waals surface area contributed by atoms with Gasteiger partial charge in [-0.2, -0.15) is 0 Å². The number of hydrogen-bond acceptors (Lipinski definition) is 3. The lowest BCUT2D eigenvalue weighted by molar-refractivity contribution is -0.129. The molecule has 0 aliphatic carbocycles. The van der Waals surface area contributed by atoms with E-state index in [0.717, 1.165) is 29.7 Å². The lowest BCUT2D eigenvalue weighted by atomic mass is 9.93. The molecular formula is C24H25N3O3. The van der Waals surface area contributed by atoms with Gasteiger partial charge in [-0.05, 0) is 41.3 Å². The molecule has 6 heteroatoms. The molecule has 3 amide bonds. The van der Waals surface area contributed by atoms with E-state index >= 15 is 0 Å². The summed E-state index contributed by atoms with van der Waals surface area (Å²) in [5.41, 5.74) is 3.66. The second-order valence-electron chi connectivity index (χ2n) is 7.76. The van der Waals surface area contributed by atoms with Gasteiger partial charge in [0.15, 0.2) is 0 Å². The second kappa shape index (κ2) is 8.53. The molecule has 2 heterocycles. The SMILES string of the molecule is CC(=O)N1C=Cc2ccccc2[C@@H]1CC(=O)Nc1cccc(CN2CCCC2=O)c1. The highest BCUT2D eigenvalue weighted by molar-refractivity contribution is 5.92. The van der Waals surface area contributed by atoms with Crippen LogP contribution in [0.1, 0.15) is 48.9 Å². The number of rotatable bonds is 5. The molecule has 2 aliphatic heterocycles. The summed E-state index contributed by atoms with van der Waals surface area (Å²) < 4.78 is 0. The fourth-order valence-corrected chi connectivity index (χ4v) is 4.14. The molecule has 0 bridgehead atoms. The van der Waals surface area contributed by atoms with Gasteiger partial charge in [-0.25, -0.2) is 0 Å². The molecule has 1 fully saturated rings. The minimum Gasteiger partial charge on any atom is -0.338 e. The van der Waals surface area contributed by atoms with Crippen molar-refractivity contribution in [1.82, 2.24) is 9.80 Å². The number of nitrogens with one attached hydrogen (secondary N) is 1. The Morgan fingerprint density at radius 3 is 2.73 bits per heavy atom. The second-order valence-corrected chi connectivity index (χ2v) is 7.76. The molecule has 2 aromatic carbocycles. The zero-order valence-electron chi connectivity index (χ0n) is 17.0. The Morgan fingerprint density at radius 2 is 1.97 bits per heavy atom. The Bertz CT molecular complexity index is 1010. The minimum absolute atomic E-state index is 0.101. The third kappa shape index (κ3) is 4.27. The van der Waals surface area contributed by atoms with Gasteiger partial charge < -0.3 is 15.1 Å². The number of fused-ring (bicyclic) bond motifs is 1. The van der Waals surface area contributed by atoms with Crippen LogP contribution in [0.3, 0.4) is 0 Å². The molecule has 0 unspecified atom stereocenters. The molecular weight excluding hydrogens is 378 g/mol. The molecule has 2 aliphatic rings. The van der Waals surface area contributed by atoms with Crippen molar-refractivity contribution in [2.45, 2.75) is 38.8 Å². The van der Waals surface area contributed by atoms with Crippen molar-refractivity contribution in [3.05, 3.63) is 71.4 Å². The van der Waals surface area contributed by atoms with Gasteiger partial charge >= 0.3 is 0 Å². The number of hydrogen-bond donors (Lipinski definition) is 1. The number of benzene rings is 2. The van der Waals surface area contributed by atoms with Crippen LogP contribution in [-0.2, 0) is 20.9 Å². The first-order valence-corrected chi connectivity index (χ1v) is 10.2. The topological polar surface area (TPSA) is 69.7 Å². The predicted octanol–water partition coefficient (Wildman–Crippen LogP) is 3.71. The van der Waals surface area contributed by atoms with E-state index < -0.39 is 0 Å². The highest BCUT2D eigenvalue weighted by atomic mass is 16.2. The Hall–Kier alpha value is -3.41. The van der Waals surface area contributed by atoms with Crippen LogP contribution >= 0.6 is 0 Å². The maximum absolute atomic E-state index is 12.8. The predicted molar refractivity (Wildman–Crippen MR) is 115 cm³/mol. The van der Waals surface area contributed by atoms with Gasteiger partial charge in [0.2, 0.25) is 17.7 Å². The fraction of sp³-hybridized carbons (Fsp3) is 0.292. The zero-order valence-corrected chi connectivity index (χ0v) is 17.0. The van der Waals surface area contributed by atoms with E-state index in [2.05, 4.69) is 5.32 Å². The van der Waals surface area contributed by atoms with Gasteiger partial charge in [-0.1, -0.05) is 36.4 Å². The fourth-order valence-electron chi connectivity index (χ4n) is 4.14. The molecule has 0 radical (unpaired) electrons. The summed E-state index contributed by atoms with van der Waals surface area (Å²) in [6.07, 6.45) is 5.32. The third-order valence-electron chi connectivity index (χ3n) is 5.60. The van der Waals surface area contributed by atoms with E-state index in [1.54, 1.807) is 11.1 Å². The Labute approximate surface area is 176 Å². The molecule has 6 nitrogen and oxygen atoms in total. The van der Waals surface area contributed by atoms with E-state index in [-0.39, 0.29) is 30.2 Å². The largest absolute Gasteiger partial charge is 0.338 e. The van der Waals surface area contributed by atoms with E-state index in [1.807, 2.05) is 59.5 Å². The van der Waals surface area contributed by atoms with E-state index in [1.165, 1.54) is 6.92 Å². The Kier molecular flexibility index (Phi) is 5.65. The van der Waals surface area contributed by atoms with Crippen molar-refractivity contribution in [2.75, 3.05) is 11.9 Å². The first-order valence-electron chi connectivity index (χ1n) is 10.2. The standard InChI is InChI=1S/C24H25N3O3/c1-17(28)27-13-11-19-7-2-3-9-21(19)22(27)15-23(29)25-20-8-4-6-18(14-20)16-26-12-5-10-24(26)30/h2-4,6-9,11,13-14,22H,5,10,12,15-16H2,1H3,(H,25,29)/t22-/m0/s1. The quantitative estimate of drug-likeness (QED) is 0.827. The maximum Gasteiger partial charge on any atom is 0.226 e. The van der Waals surface area contributed by atoms with Crippen LogP contribution in [0.2, 0.25) is 0 Å². The van der Waals surface area contributed by atoms with Crippen LogP contribution in [0.4, 0.5) is 5.69 Å². The molecule has 4 rings (SSSR count). The van der Waals surface area contributed by atoms with E-state index in [0.29, 0.717) is 18.7 Å². The number of carbonyl (C=O) groups excluding carboxylic acids is 3. The van der Waals surface area contributed by atoms with Crippen molar-refractivity contribution in [2.24, 2.45) is 0 Å². The summed E-state index contributed by atoms with van der Waals surface area (Å²) in [6, 6.07) is 15.1. The van der Waals surface area contributed by atoms with Gasteiger partial charge in [0.25, 0.3) is 0 Å². The summed E-state index contributed by atoms with van der Waals surface area (Å²) in [6.45, 7) is 2.85. The van der Waals surface area contributed by atoms with Crippen molar-refractivity contribution in [1.29, 1.82) is 0 Å². The molecule has 154 valence electrons. The van der Waals surface area contributed by atoms with Gasteiger partial charge in [-0.15, -0.1) is 0 Å². The van der Waals surface area contributed by atoms with Crippen LogP contribution in [0.15, 0.2) is 54.7 Å². The first kappa shape index (κ1) is 19.9. The average Bonchev–Trinajstić information content (AvgIpc) is 3.12. The number of nitrogens with zero attached hydrogens (tertiary/aromatic N) is 2. The van der Waals surface area contributed by atoms with Crippen LogP contribution in [0.25, 0.3) is 6.08 Å². The summed E-state index contributed by atoms with van der Waals surface area (Å²) >= 11 is 0. The maximum atomic E-state index is 12.8. The molecule has 0 aromatic heterocycles. The summed E-state index contributed by atoms with van der Waals surface area (Å²) in [4.78, 5) is 40.3. The lowest BCUT2D eigenvalue weighted by Gasteiger charge is -2.32. The normalized spacial score (nSPS) is 17.8. The van der Waals surface area contributed by atoms with Gasteiger partial charge in [0.05, 0.1) is 12.5 Å². The van der Waals surface area contributed by atoms with Crippen LogP contribution < -0.4 is 5.32 Å². The smallest absolute Gasteiger partial charge is 0.226 e. The monoisotopic (exact) mass is 403 g/mol. The van der Waals surface area contributed by atoms with Crippen molar-refractivity contribution in [3.8, 4) is 0 Å². The number of anilines is 1. The van der Waals surface area contributed by atoms with Crippen molar-refractivity contribution < 1.29 is 14.4 Å². The average molecular weight is 403 g/mol. The van der Waals surface area contributed by atoms with Crippen LogP contribution in [0.5, 0.6) is 0 Å². The van der Waals surface area contributed by atoms with Gasteiger partial charge in [0.1, 0.15) is 0 Å².